The second kappa shape index (κ2) is 6.72. The minimum absolute atomic E-state index is 0.00978. The van der Waals surface area contributed by atoms with Gasteiger partial charge in [0, 0.05) is 37.0 Å². The van der Waals surface area contributed by atoms with Crippen molar-refractivity contribution in [3.63, 3.8) is 0 Å². The molecule has 7 nitrogen and oxygen atoms in total. The van der Waals surface area contributed by atoms with Crippen molar-refractivity contribution in [2.45, 2.75) is 70.6 Å². The Morgan fingerprint density at radius 2 is 1.80 bits per heavy atom. The molecule has 0 spiro atoms. The molecule has 0 radical (unpaired) electrons. The van der Waals surface area contributed by atoms with Gasteiger partial charge in [-0.1, -0.05) is 0 Å². The zero-order valence-electron chi connectivity index (χ0n) is 15.4. The van der Waals surface area contributed by atoms with Crippen molar-refractivity contribution >= 4 is 23.5 Å². The lowest BCUT2D eigenvalue weighted by atomic mass is 9.81. The molecule has 25 heavy (non-hydrogen) atoms. The molecule has 0 saturated carbocycles. The molecule has 2 fully saturated rings. The first kappa shape index (κ1) is 18.4. The molecule has 3 heterocycles. The van der Waals surface area contributed by atoms with Gasteiger partial charge in [-0.25, -0.2) is 0 Å². The molecule has 2 aliphatic heterocycles. The summed E-state index contributed by atoms with van der Waals surface area (Å²) in [6.07, 6.45) is 3.19. The van der Waals surface area contributed by atoms with Gasteiger partial charge in [0.2, 0.25) is 5.82 Å². The monoisotopic (exact) mass is 368 g/mol. The summed E-state index contributed by atoms with van der Waals surface area (Å²) < 4.78 is 15.0. The van der Waals surface area contributed by atoms with E-state index in [-0.39, 0.29) is 23.1 Å². The molecule has 0 aliphatic carbocycles. The Labute approximate surface area is 153 Å². The Kier molecular flexibility index (Phi) is 4.94. The highest BCUT2D eigenvalue weighted by Crippen LogP contribution is 2.35. The Hall–Kier alpha value is -1.41. The highest BCUT2D eigenvalue weighted by molar-refractivity contribution is 6.99. The number of hydrogen-bond acceptors (Lipinski definition) is 7. The molecule has 2 N–H and O–H groups in total. The number of anilines is 1. The van der Waals surface area contributed by atoms with Crippen LogP contribution in [0, 0.1) is 5.92 Å². The average molecular weight is 369 g/mol. The van der Waals surface area contributed by atoms with Crippen molar-refractivity contribution in [2.24, 2.45) is 5.92 Å². The van der Waals surface area contributed by atoms with Gasteiger partial charge in [-0.15, -0.1) is 4.37 Å². The van der Waals surface area contributed by atoms with Crippen LogP contribution in [0.4, 0.5) is 5.82 Å². The molecular weight excluding hydrogens is 340 g/mol. The van der Waals surface area contributed by atoms with Gasteiger partial charge >= 0.3 is 5.97 Å². The summed E-state index contributed by atoms with van der Waals surface area (Å²) in [7, 11) is 0. The molecule has 8 heteroatoms. The van der Waals surface area contributed by atoms with Gasteiger partial charge in [0.1, 0.15) is 6.10 Å². The van der Waals surface area contributed by atoms with E-state index in [0.29, 0.717) is 31.8 Å². The maximum Gasteiger partial charge on any atom is 0.306 e. The third kappa shape index (κ3) is 4.41. The molecular formula is C17H28N4O3S. The number of rotatable bonds is 4. The van der Waals surface area contributed by atoms with Crippen LogP contribution in [0.2, 0.25) is 0 Å². The van der Waals surface area contributed by atoms with Crippen LogP contribution in [-0.2, 0) is 4.79 Å². The summed E-state index contributed by atoms with van der Waals surface area (Å²) in [5.41, 5.74) is 0.0196. The molecule has 1 aromatic heterocycles. The number of carboxylic acids is 1. The lowest BCUT2D eigenvalue weighted by Gasteiger charge is -2.46. The first-order valence-electron chi connectivity index (χ1n) is 8.91. The molecule has 0 aromatic carbocycles. The normalized spacial score (nSPS) is 24.2. The van der Waals surface area contributed by atoms with Gasteiger partial charge in [0.25, 0.3) is 5.88 Å². The number of aliphatic carboxylic acids is 1. The molecule has 1 aromatic rings. The van der Waals surface area contributed by atoms with Crippen LogP contribution in [-0.4, -0.2) is 50.1 Å². The fourth-order valence-electron chi connectivity index (χ4n) is 4.25. The maximum atomic E-state index is 11.1. The minimum atomic E-state index is -0.702. The third-order valence-electron chi connectivity index (χ3n) is 5.02. The topological polar surface area (TPSA) is 87.6 Å². The van der Waals surface area contributed by atoms with E-state index in [0.717, 1.165) is 30.4 Å². The summed E-state index contributed by atoms with van der Waals surface area (Å²) in [4.78, 5) is 13.2. The zero-order chi connectivity index (χ0) is 18.2. The van der Waals surface area contributed by atoms with Crippen molar-refractivity contribution in [1.29, 1.82) is 0 Å². The number of piperidine rings is 2. The van der Waals surface area contributed by atoms with Crippen molar-refractivity contribution in [1.82, 2.24) is 14.1 Å². The molecule has 0 unspecified atom stereocenters. The van der Waals surface area contributed by atoms with Crippen LogP contribution < -0.4 is 15.0 Å². The predicted molar refractivity (Wildman–Crippen MR) is 97.4 cm³/mol. The van der Waals surface area contributed by atoms with Crippen LogP contribution in [0.3, 0.4) is 0 Å². The molecule has 0 bridgehead atoms. The van der Waals surface area contributed by atoms with E-state index in [1.165, 1.54) is 0 Å². The summed E-state index contributed by atoms with van der Waals surface area (Å²) in [5.74, 6) is 0.408. The average Bonchev–Trinajstić information content (AvgIpc) is 2.92. The smallest absolute Gasteiger partial charge is 0.306 e. The van der Waals surface area contributed by atoms with E-state index in [4.69, 9.17) is 9.84 Å². The van der Waals surface area contributed by atoms with Crippen molar-refractivity contribution in [3.05, 3.63) is 0 Å². The number of nitrogens with zero attached hydrogens (tertiary/aromatic N) is 3. The molecule has 3 rings (SSSR count). The lowest BCUT2D eigenvalue weighted by Crippen LogP contribution is -2.60. The SMILES string of the molecule is CC1(C)CC(Oc2nsnc2N2CCC(C(=O)O)CC2)CC(C)(C)N1. The third-order valence-corrected chi connectivity index (χ3v) is 5.52. The maximum absolute atomic E-state index is 11.1. The first-order chi connectivity index (χ1) is 11.7. The summed E-state index contributed by atoms with van der Waals surface area (Å²) in [6, 6.07) is 0. The standard InChI is InChI=1S/C17H28N4O3S/c1-16(2)9-12(10-17(3,4)20-16)24-14-13(18-25-19-14)21-7-5-11(6-8-21)15(22)23/h11-12,20H,5-10H2,1-4H3,(H,22,23). The molecule has 0 amide bonds. The molecule has 0 atom stereocenters. The van der Waals surface area contributed by atoms with Crippen LogP contribution in [0.15, 0.2) is 0 Å². The first-order valence-corrected chi connectivity index (χ1v) is 9.65. The quantitative estimate of drug-likeness (QED) is 0.844. The second-order valence-corrected chi connectivity index (χ2v) is 9.06. The van der Waals surface area contributed by atoms with Gasteiger partial charge in [0.15, 0.2) is 0 Å². The zero-order valence-corrected chi connectivity index (χ0v) is 16.2. The summed E-state index contributed by atoms with van der Waals surface area (Å²) in [6.45, 7) is 10.1. The predicted octanol–water partition coefficient (Wildman–Crippen LogP) is 2.53. The van der Waals surface area contributed by atoms with Crippen LogP contribution >= 0.6 is 11.7 Å². The fraction of sp³-hybridized carbons (Fsp3) is 0.824. The summed E-state index contributed by atoms with van der Waals surface area (Å²) >= 11 is 1.16. The Balaban J connectivity index is 1.67. The highest BCUT2D eigenvalue weighted by Gasteiger charge is 2.39. The van der Waals surface area contributed by atoms with Crippen molar-refractivity contribution < 1.29 is 14.6 Å². The van der Waals surface area contributed by atoms with Gasteiger partial charge in [-0.05, 0) is 40.5 Å². The Morgan fingerprint density at radius 3 is 2.36 bits per heavy atom. The number of carboxylic acid groups (broad SMARTS) is 1. The Bertz CT molecular complexity index is 607. The van der Waals surface area contributed by atoms with E-state index in [2.05, 4.69) is 46.7 Å². The van der Waals surface area contributed by atoms with E-state index in [9.17, 15) is 4.79 Å². The largest absolute Gasteiger partial charge is 0.481 e. The van der Waals surface area contributed by atoms with Gasteiger partial charge in [-0.3, -0.25) is 4.79 Å². The number of carbonyl (C=O) groups is 1. The van der Waals surface area contributed by atoms with Gasteiger partial charge in [-0.2, -0.15) is 4.37 Å². The van der Waals surface area contributed by atoms with Gasteiger partial charge < -0.3 is 20.1 Å². The number of ether oxygens (including phenoxy) is 1. The second-order valence-electron chi connectivity index (χ2n) is 8.53. The highest BCUT2D eigenvalue weighted by atomic mass is 32.1. The van der Waals surface area contributed by atoms with E-state index in [1.807, 2.05) is 0 Å². The molecule has 140 valence electrons. The van der Waals surface area contributed by atoms with E-state index < -0.39 is 5.97 Å². The van der Waals surface area contributed by atoms with E-state index in [1.54, 1.807) is 0 Å². The Morgan fingerprint density at radius 1 is 1.20 bits per heavy atom. The number of nitrogens with one attached hydrogen (secondary N) is 1. The number of aromatic nitrogens is 2. The molecule has 2 aliphatic rings. The fourth-order valence-corrected chi connectivity index (χ4v) is 4.76. The van der Waals surface area contributed by atoms with Crippen molar-refractivity contribution in [2.75, 3.05) is 18.0 Å². The summed E-state index contributed by atoms with van der Waals surface area (Å²) in [5, 5.41) is 12.8. The lowest BCUT2D eigenvalue weighted by molar-refractivity contribution is -0.142. The number of hydrogen-bond donors (Lipinski definition) is 2. The van der Waals surface area contributed by atoms with E-state index >= 15 is 0 Å². The molecule has 2 saturated heterocycles. The van der Waals surface area contributed by atoms with Crippen LogP contribution in [0.1, 0.15) is 53.4 Å². The van der Waals surface area contributed by atoms with Crippen LogP contribution in [0.25, 0.3) is 0 Å². The van der Waals surface area contributed by atoms with Crippen LogP contribution in [0.5, 0.6) is 5.88 Å². The van der Waals surface area contributed by atoms with Crippen molar-refractivity contribution in [3.8, 4) is 5.88 Å². The van der Waals surface area contributed by atoms with Gasteiger partial charge in [0.05, 0.1) is 17.6 Å². The minimum Gasteiger partial charge on any atom is -0.481 e.